The first-order valence-electron chi connectivity index (χ1n) is 3.05. The summed E-state index contributed by atoms with van der Waals surface area (Å²) in [7, 11) is 3.49. The van der Waals surface area contributed by atoms with Gasteiger partial charge in [0.2, 0.25) is 0 Å². The van der Waals surface area contributed by atoms with Crippen LogP contribution in [0.2, 0.25) is 0 Å². The van der Waals surface area contributed by atoms with Gasteiger partial charge < -0.3 is 0 Å². The quantitative estimate of drug-likeness (QED) is 0.520. The van der Waals surface area contributed by atoms with Crippen molar-refractivity contribution in [2.24, 2.45) is 0 Å². The van der Waals surface area contributed by atoms with Crippen molar-refractivity contribution >= 4 is 9.39 Å². The second-order valence-electron chi connectivity index (χ2n) is 2.59. The topological polar surface area (TPSA) is 3.24 Å². The summed E-state index contributed by atoms with van der Waals surface area (Å²) in [4.78, 5) is 0. The predicted molar refractivity (Wildman–Crippen MR) is 40.4 cm³/mol. The Hall–Kier alpha value is 0.390. The monoisotopic (exact) mass is 132 g/mol. The van der Waals surface area contributed by atoms with E-state index in [4.69, 9.17) is 0 Å². The van der Waals surface area contributed by atoms with Gasteiger partial charge in [-0.2, -0.15) is 0 Å². The standard InChI is InChI=1S/C6H15NP/c1-5(2)7(8)6(3)4/h5-6,8H,1-4H3. The Balaban J connectivity index is 3.46. The second-order valence-corrected chi connectivity index (χ2v) is 3.11. The molecule has 0 fully saturated rings. The molecule has 0 rings (SSSR count). The molecule has 49 valence electrons. The summed E-state index contributed by atoms with van der Waals surface area (Å²) >= 11 is 0. The van der Waals surface area contributed by atoms with Crippen molar-refractivity contribution in [1.29, 1.82) is 0 Å². The van der Waals surface area contributed by atoms with Gasteiger partial charge in [-0.05, 0) is 37.1 Å². The van der Waals surface area contributed by atoms with E-state index in [0.29, 0.717) is 12.1 Å². The molecular weight excluding hydrogens is 117 g/mol. The average molecular weight is 132 g/mol. The van der Waals surface area contributed by atoms with Crippen LogP contribution in [-0.2, 0) is 0 Å². The molecule has 0 amide bonds. The van der Waals surface area contributed by atoms with Crippen LogP contribution in [0.25, 0.3) is 0 Å². The van der Waals surface area contributed by atoms with Crippen LogP contribution in [0.1, 0.15) is 27.7 Å². The van der Waals surface area contributed by atoms with E-state index in [1.807, 2.05) is 0 Å². The van der Waals surface area contributed by atoms with E-state index in [1.165, 1.54) is 0 Å². The lowest BCUT2D eigenvalue weighted by atomic mass is 10.3. The van der Waals surface area contributed by atoms with Gasteiger partial charge in [0.15, 0.2) is 0 Å². The van der Waals surface area contributed by atoms with Gasteiger partial charge in [0.05, 0.1) is 0 Å². The maximum Gasteiger partial charge on any atom is 0.00813 e. The highest BCUT2D eigenvalue weighted by molar-refractivity contribution is 7.13. The molecule has 0 spiro atoms. The molecule has 8 heavy (non-hydrogen) atoms. The molecule has 2 heteroatoms. The van der Waals surface area contributed by atoms with Crippen LogP contribution in [0.15, 0.2) is 0 Å². The first-order chi connectivity index (χ1) is 3.55. The van der Waals surface area contributed by atoms with Crippen LogP contribution in [0, 0.1) is 0 Å². The van der Waals surface area contributed by atoms with Gasteiger partial charge in [0.1, 0.15) is 0 Å². The van der Waals surface area contributed by atoms with E-state index in [2.05, 4.69) is 41.8 Å². The van der Waals surface area contributed by atoms with Gasteiger partial charge in [-0.15, -0.1) is 0 Å². The highest BCUT2D eigenvalue weighted by Crippen LogP contribution is 2.09. The number of nitrogens with zero attached hydrogens (tertiary/aromatic N) is 1. The largest absolute Gasteiger partial charge is 0.275 e. The molecule has 0 aliphatic carbocycles. The lowest BCUT2D eigenvalue weighted by Crippen LogP contribution is -2.26. The predicted octanol–water partition coefficient (Wildman–Crippen LogP) is 2.16. The summed E-state index contributed by atoms with van der Waals surface area (Å²) in [6, 6.07) is 1.18. The maximum atomic E-state index is 3.49. The minimum absolute atomic E-state index is 0.590. The van der Waals surface area contributed by atoms with Crippen molar-refractivity contribution in [3.05, 3.63) is 0 Å². The van der Waals surface area contributed by atoms with Crippen LogP contribution in [-0.4, -0.2) is 16.8 Å². The normalized spacial score (nSPS) is 12.0. The molecule has 1 radical (unpaired) electrons. The Kier molecular flexibility index (Phi) is 3.59. The van der Waals surface area contributed by atoms with Crippen molar-refractivity contribution in [2.45, 2.75) is 39.8 Å². The average Bonchev–Trinajstić information content (AvgIpc) is 1.64. The Morgan fingerprint density at radius 2 is 1.25 bits per heavy atom. The molecule has 1 nitrogen and oxygen atoms in total. The third kappa shape index (κ3) is 2.64. The fraction of sp³-hybridized carbons (Fsp3) is 1.00. The van der Waals surface area contributed by atoms with Gasteiger partial charge in [0, 0.05) is 12.1 Å². The zero-order chi connectivity index (χ0) is 6.73. The second kappa shape index (κ2) is 3.42. The number of hydrogen-bond donors (Lipinski definition) is 0. The van der Waals surface area contributed by atoms with Crippen LogP contribution in [0.3, 0.4) is 0 Å². The molecule has 0 aromatic carbocycles. The SMILES string of the molecule is CC(C)N([PH])C(C)C. The first-order valence-corrected chi connectivity index (χ1v) is 3.50. The van der Waals surface area contributed by atoms with E-state index in [9.17, 15) is 0 Å². The van der Waals surface area contributed by atoms with E-state index < -0.39 is 0 Å². The van der Waals surface area contributed by atoms with Crippen molar-refractivity contribution in [1.82, 2.24) is 4.67 Å². The van der Waals surface area contributed by atoms with E-state index >= 15 is 0 Å². The fourth-order valence-corrected chi connectivity index (χ4v) is 0.596. The summed E-state index contributed by atoms with van der Waals surface area (Å²) in [5.41, 5.74) is 0. The van der Waals surface area contributed by atoms with Crippen molar-refractivity contribution < 1.29 is 0 Å². The first kappa shape index (κ1) is 8.39. The molecular formula is C6H15NP. The minimum atomic E-state index is 0.590. The lowest BCUT2D eigenvalue weighted by molar-refractivity contribution is 0.334. The summed E-state index contributed by atoms with van der Waals surface area (Å²) in [5, 5.41) is 0. The van der Waals surface area contributed by atoms with E-state index in [1.54, 1.807) is 0 Å². The molecule has 0 heterocycles. The lowest BCUT2D eigenvalue weighted by Gasteiger charge is -2.23. The summed E-state index contributed by atoms with van der Waals surface area (Å²) in [6.45, 7) is 8.64. The minimum Gasteiger partial charge on any atom is -0.275 e. The molecule has 0 unspecified atom stereocenters. The van der Waals surface area contributed by atoms with Crippen LogP contribution < -0.4 is 0 Å². The van der Waals surface area contributed by atoms with E-state index in [-0.39, 0.29) is 0 Å². The third-order valence-electron chi connectivity index (χ3n) is 1.11. The highest BCUT2D eigenvalue weighted by atomic mass is 31.0. The smallest absolute Gasteiger partial charge is 0.00813 e. The molecule has 0 aromatic rings. The van der Waals surface area contributed by atoms with Gasteiger partial charge in [0.25, 0.3) is 0 Å². The van der Waals surface area contributed by atoms with Crippen molar-refractivity contribution in [3.8, 4) is 0 Å². The van der Waals surface area contributed by atoms with Crippen LogP contribution >= 0.6 is 9.39 Å². The Morgan fingerprint density at radius 3 is 1.25 bits per heavy atom. The van der Waals surface area contributed by atoms with Gasteiger partial charge >= 0.3 is 0 Å². The van der Waals surface area contributed by atoms with Crippen LogP contribution in [0.4, 0.5) is 0 Å². The van der Waals surface area contributed by atoms with Crippen LogP contribution in [0.5, 0.6) is 0 Å². The molecule has 0 aromatic heterocycles. The van der Waals surface area contributed by atoms with Crippen molar-refractivity contribution in [3.63, 3.8) is 0 Å². The van der Waals surface area contributed by atoms with Gasteiger partial charge in [-0.25, -0.2) is 0 Å². The molecule has 0 atom stereocenters. The zero-order valence-corrected chi connectivity index (χ0v) is 7.10. The highest BCUT2D eigenvalue weighted by Gasteiger charge is 2.05. The summed E-state index contributed by atoms with van der Waals surface area (Å²) in [5.74, 6) is 0. The number of rotatable bonds is 2. The Morgan fingerprint density at radius 1 is 1.00 bits per heavy atom. The zero-order valence-electron chi connectivity index (χ0n) is 6.10. The fourth-order valence-electron chi connectivity index (χ4n) is 0.596. The van der Waals surface area contributed by atoms with Gasteiger partial charge in [-0.3, -0.25) is 4.67 Å². The summed E-state index contributed by atoms with van der Waals surface area (Å²) < 4.78 is 2.14. The maximum absolute atomic E-state index is 3.49. The van der Waals surface area contributed by atoms with E-state index in [0.717, 1.165) is 0 Å². The molecule has 0 aliphatic heterocycles. The molecule has 0 bridgehead atoms. The molecule has 0 aliphatic rings. The Bertz CT molecular complexity index is 53.5. The van der Waals surface area contributed by atoms with Gasteiger partial charge in [-0.1, -0.05) is 0 Å². The number of hydrogen-bond acceptors (Lipinski definition) is 1. The van der Waals surface area contributed by atoms with Crippen molar-refractivity contribution in [2.75, 3.05) is 0 Å². The summed E-state index contributed by atoms with van der Waals surface area (Å²) in [6.07, 6.45) is 0. The molecule has 0 N–H and O–H groups in total. The molecule has 0 saturated heterocycles. The third-order valence-corrected chi connectivity index (χ3v) is 2.15. The Labute approximate surface area is 54.7 Å². The molecule has 0 saturated carbocycles.